The van der Waals surface area contributed by atoms with Crippen LogP contribution in [-0.4, -0.2) is 22.1 Å². The number of nitro benzene ring substituents is 1. The third-order valence-corrected chi connectivity index (χ3v) is 7.73. The van der Waals surface area contributed by atoms with Crippen LogP contribution in [0.15, 0.2) is 84.5 Å². The maximum absolute atomic E-state index is 13.7. The molecule has 5 rings (SSSR count). The van der Waals surface area contributed by atoms with E-state index in [1.807, 2.05) is 31.2 Å². The van der Waals surface area contributed by atoms with Gasteiger partial charge in [0.05, 0.1) is 27.3 Å². The van der Waals surface area contributed by atoms with Gasteiger partial charge in [-0.05, 0) is 62.2 Å². The van der Waals surface area contributed by atoms with E-state index in [9.17, 15) is 19.7 Å². The van der Waals surface area contributed by atoms with Crippen molar-refractivity contribution in [2.75, 3.05) is 6.61 Å². The van der Waals surface area contributed by atoms with Crippen LogP contribution in [-0.2, 0) is 9.53 Å². The van der Waals surface area contributed by atoms with Crippen LogP contribution in [0.1, 0.15) is 36.8 Å². The topological polar surface area (TPSA) is 117 Å². The highest BCUT2D eigenvalue weighted by atomic mass is 79.9. The van der Waals surface area contributed by atoms with E-state index in [0.29, 0.717) is 32.1 Å². The maximum atomic E-state index is 13.7. The number of esters is 1. The Hall–Kier alpha value is -4.09. The Labute approximate surface area is 234 Å². The smallest absolute Gasteiger partial charge is 0.338 e. The summed E-state index contributed by atoms with van der Waals surface area (Å²) in [5.74, 6) is 0.0817. The summed E-state index contributed by atoms with van der Waals surface area (Å²) in [4.78, 5) is 42.7. The molecule has 0 fully saturated rings. The van der Waals surface area contributed by atoms with Gasteiger partial charge in [0, 0.05) is 22.2 Å². The van der Waals surface area contributed by atoms with Crippen molar-refractivity contribution in [3.63, 3.8) is 0 Å². The minimum Gasteiger partial charge on any atom is -0.463 e. The normalized spacial score (nSPS) is 15.2. The lowest BCUT2D eigenvalue weighted by Crippen LogP contribution is -2.39. The summed E-state index contributed by atoms with van der Waals surface area (Å²) in [6.45, 7) is 5.36. The maximum Gasteiger partial charge on any atom is 0.338 e. The number of allylic oxidation sites excluding steroid dienone is 1. The fraction of sp³-hybridized carbons (Fsp3) is 0.179. The minimum atomic E-state index is -0.933. The van der Waals surface area contributed by atoms with Crippen molar-refractivity contribution in [1.29, 1.82) is 0 Å². The molecule has 1 atom stereocenters. The standard InChI is InChI=1S/C28H22BrN3O6S/c1-4-37-27(34)24-16(3)30-28-31(26(33)23(39-28)13-17-6-5-7-18(29)12-17)25(24)22-11-10-21(38-22)20-14-19(32(35)36)9-8-15(20)2/h5-14,25H,4H2,1-3H3/b23-13-/t25-/m0/s1. The van der Waals surface area contributed by atoms with Crippen molar-refractivity contribution >= 4 is 45.0 Å². The van der Waals surface area contributed by atoms with Crippen LogP contribution < -0.4 is 14.9 Å². The van der Waals surface area contributed by atoms with E-state index in [2.05, 4.69) is 20.9 Å². The highest BCUT2D eigenvalue weighted by molar-refractivity contribution is 9.10. The summed E-state index contributed by atoms with van der Waals surface area (Å²) in [7, 11) is 0. The number of carbonyl (C=O) groups excluding carboxylic acids is 1. The molecule has 0 amide bonds. The molecule has 39 heavy (non-hydrogen) atoms. The molecule has 0 saturated heterocycles. The van der Waals surface area contributed by atoms with E-state index >= 15 is 0 Å². The lowest BCUT2D eigenvalue weighted by molar-refractivity contribution is -0.384. The van der Waals surface area contributed by atoms with Crippen molar-refractivity contribution in [2.45, 2.75) is 26.8 Å². The van der Waals surface area contributed by atoms with Crippen LogP contribution in [0.2, 0.25) is 0 Å². The first-order valence-electron chi connectivity index (χ1n) is 12.0. The Bertz CT molecular complexity index is 1850. The number of aryl methyl sites for hydroxylation is 1. The number of carbonyl (C=O) groups is 1. The number of thiazole rings is 1. The zero-order valence-electron chi connectivity index (χ0n) is 21.1. The van der Waals surface area contributed by atoms with Gasteiger partial charge in [-0.3, -0.25) is 19.5 Å². The molecule has 11 heteroatoms. The van der Waals surface area contributed by atoms with Gasteiger partial charge in [-0.1, -0.05) is 45.5 Å². The van der Waals surface area contributed by atoms with E-state index in [0.717, 1.165) is 15.6 Å². The second-order valence-corrected chi connectivity index (χ2v) is 10.7. The molecule has 0 saturated carbocycles. The number of rotatable bonds is 6. The summed E-state index contributed by atoms with van der Waals surface area (Å²) in [6, 6.07) is 14.5. The van der Waals surface area contributed by atoms with Crippen molar-refractivity contribution in [3.8, 4) is 11.3 Å². The summed E-state index contributed by atoms with van der Waals surface area (Å²) >= 11 is 4.66. The van der Waals surface area contributed by atoms with Gasteiger partial charge in [0.2, 0.25) is 0 Å². The van der Waals surface area contributed by atoms with E-state index < -0.39 is 16.9 Å². The third kappa shape index (κ3) is 5.02. The number of halogens is 1. The van der Waals surface area contributed by atoms with E-state index in [4.69, 9.17) is 9.15 Å². The average molecular weight is 608 g/mol. The van der Waals surface area contributed by atoms with Gasteiger partial charge in [-0.2, -0.15) is 0 Å². The average Bonchev–Trinajstić information content (AvgIpc) is 3.48. The Balaban J connectivity index is 1.70. The van der Waals surface area contributed by atoms with E-state index in [-0.39, 0.29) is 23.4 Å². The van der Waals surface area contributed by atoms with E-state index in [1.54, 1.807) is 38.1 Å². The first-order valence-corrected chi connectivity index (χ1v) is 13.6. The number of furan rings is 1. The molecule has 2 aromatic heterocycles. The molecule has 2 aromatic carbocycles. The second-order valence-electron chi connectivity index (χ2n) is 8.82. The molecule has 0 aliphatic carbocycles. The van der Waals surface area contributed by atoms with Gasteiger partial charge in [0.15, 0.2) is 4.80 Å². The molecule has 0 radical (unpaired) electrons. The van der Waals surface area contributed by atoms with Gasteiger partial charge in [-0.25, -0.2) is 9.79 Å². The highest BCUT2D eigenvalue weighted by Gasteiger charge is 2.35. The third-order valence-electron chi connectivity index (χ3n) is 6.26. The van der Waals surface area contributed by atoms with Gasteiger partial charge in [0.25, 0.3) is 11.2 Å². The monoisotopic (exact) mass is 607 g/mol. The Morgan fingerprint density at radius 1 is 1.23 bits per heavy atom. The zero-order chi connectivity index (χ0) is 27.8. The molecule has 0 unspecified atom stereocenters. The zero-order valence-corrected chi connectivity index (χ0v) is 23.5. The quantitative estimate of drug-likeness (QED) is 0.172. The van der Waals surface area contributed by atoms with Crippen LogP contribution in [0.3, 0.4) is 0 Å². The Morgan fingerprint density at radius 3 is 2.74 bits per heavy atom. The van der Waals surface area contributed by atoms with Crippen LogP contribution in [0, 0.1) is 17.0 Å². The number of ether oxygens (including phenoxy) is 1. The number of aromatic nitrogens is 1. The minimum absolute atomic E-state index is 0.0722. The number of nitrogens with zero attached hydrogens (tertiary/aromatic N) is 3. The Morgan fingerprint density at radius 2 is 2.03 bits per heavy atom. The number of hydrogen-bond acceptors (Lipinski definition) is 8. The number of benzene rings is 2. The fourth-order valence-electron chi connectivity index (χ4n) is 4.44. The number of non-ortho nitro benzene ring substituents is 1. The largest absolute Gasteiger partial charge is 0.463 e. The van der Waals surface area contributed by atoms with Gasteiger partial charge >= 0.3 is 5.97 Å². The highest BCUT2D eigenvalue weighted by Crippen LogP contribution is 2.36. The second kappa shape index (κ2) is 10.6. The van der Waals surface area contributed by atoms with E-state index in [1.165, 1.54) is 28.0 Å². The van der Waals surface area contributed by atoms with Gasteiger partial charge in [-0.15, -0.1) is 0 Å². The molecule has 3 heterocycles. The lowest BCUT2D eigenvalue weighted by atomic mass is 10.0. The number of nitro groups is 1. The first kappa shape index (κ1) is 26.5. The molecule has 0 bridgehead atoms. The van der Waals surface area contributed by atoms with Crippen LogP contribution in [0.4, 0.5) is 5.69 Å². The van der Waals surface area contributed by atoms with Gasteiger partial charge < -0.3 is 9.15 Å². The fourth-order valence-corrected chi connectivity index (χ4v) is 5.91. The van der Waals surface area contributed by atoms with Crippen molar-refractivity contribution in [2.24, 2.45) is 4.99 Å². The number of fused-ring (bicyclic) bond motifs is 1. The molecular formula is C28H22BrN3O6S. The molecule has 4 aromatic rings. The van der Waals surface area contributed by atoms with Gasteiger partial charge in [0.1, 0.15) is 17.6 Å². The van der Waals surface area contributed by atoms with Crippen molar-refractivity contribution < 1.29 is 18.9 Å². The molecule has 1 aliphatic rings. The van der Waals surface area contributed by atoms with Crippen LogP contribution >= 0.6 is 27.3 Å². The summed E-state index contributed by atoms with van der Waals surface area (Å²) < 4.78 is 14.3. The van der Waals surface area contributed by atoms with Crippen LogP contribution in [0.25, 0.3) is 17.4 Å². The van der Waals surface area contributed by atoms with Crippen molar-refractivity contribution in [3.05, 3.63) is 117 Å². The summed E-state index contributed by atoms with van der Waals surface area (Å²) in [5, 5.41) is 11.4. The first-order chi connectivity index (χ1) is 18.7. The predicted molar refractivity (Wildman–Crippen MR) is 150 cm³/mol. The van der Waals surface area contributed by atoms with Crippen LogP contribution in [0.5, 0.6) is 0 Å². The molecular weight excluding hydrogens is 586 g/mol. The molecule has 198 valence electrons. The number of hydrogen-bond donors (Lipinski definition) is 0. The molecule has 0 spiro atoms. The predicted octanol–water partition coefficient (Wildman–Crippen LogP) is 5.04. The van der Waals surface area contributed by atoms with Crippen molar-refractivity contribution in [1.82, 2.24) is 4.57 Å². The lowest BCUT2D eigenvalue weighted by Gasteiger charge is -2.22. The Kier molecular flexibility index (Phi) is 7.19. The summed E-state index contributed by atoms with van der Waals surface area (Å²) in [5.41, 5.74) is 2.34. The molecule has 0 N–H and O–H groups in total. The SMILES string of the molecule is CCOC(=O)C1=C(C)N=c2s/c(=C\c3cccc(Br)c3)c(=O)n2[C@H]1c1ccc(-c2cc([N+](=O)[O-])ccc2C)o1. The molecule has 1 aliphatic heterocycles. The molecule has 9 nitrogen and oxygen atoms in total. The summed E-state index contributed by atoms with van der Waals surface area (Å²) in [6.07, 6.45) is 1.77.